The van der Waals surface area contributed by atoms with Crippen molar-refractivity contribution >= 4 is 17.9 Å². The molecule has 2 rings (SSSR count). The predicted octanol–water partition coefficient (Wildman–Crippen LogP) is 1.19. The lowest BCUT2D eigenvalue weighted by molar-refractivity contribution is 0.308. The van der Waals surface area contributed by atoms with Crippen LogP contribution in [0.2, 0.25) is 0 Å². The lowest BCUT2D eigenvalue weighted by Gasteiger charge is -2.09. The quantitative estimate of drug-likeness (QED) is 0.444. The van der Waals surface area contributed by atoms with E-state index in [1.807, 2.05) is 26.0 Å². The van der Waals surface area contributed by atoms with E-state index < -0.39 is 0 Å². The molecule has 0 fully saturated rings. The third-order valence-electron chi connectivity index (χ3n) is 2.71. The van der Waals surface area contributed by atoms with Crippen molar-refractivity contribution in [3.8, 4) is 11.5 Å². The fourth-order valence-electron chi connectivity index (χ4n) is 1.73. The molecule has 9 nitrogen and oxygen atoms in total. The van der Waals surface area contributed by atoms with Crippen molar-refractivity contribution in [2.24, 2.45) is 15.9 Å². The number of aromatic nitrogens is 2. The first-order valence-electron chi connectivity index (χ1n) is 7.00. The number of nitrogens with zero attached hydrogens (tertiary/aromatic N) is 4. The molecule has 0 aliphatic heterocycles. The Hall–Kier alpha value is -3.10. The van der Waals surface area contributed by atoms with E-state index >= 15 is 0 Å². The minimum atomic E-state index is 0.00361. The van der Waals surface area contributed by atoms with Crippen LogP contribution >= 0.6 is 0 Å². The van der Waals surface area contributed by atoms with Crippen molar-refractivity contribution in [2.75, 3.05) is 18.9 Å². The molecule has 9 heteroatoms. The van der Waals surface area contributed by atoms with Crippen LogP contribution < -0.4 is 20.9 Å². The van der Waals surface area contributed by atoms with Gasteiger partial charge < -0.3 is 20.9 Å². The van der Waals surface area contributed by atoms with Crippen molar-refractivity contribution in [1.29, 1.82) is 0 Å². The summed E-state index contributed by atoms with van der Waals surface area (Å²) in [6.45, 7) is 4.90. The fraction of sp³-hybridized carbons (Fsp3) is 0.286. The van der Waals surface area contributed by atoms with Gasteiger partial charge in [-0.05, 0) is 36.3 Å². The van der Waals surface area contributed by atoms with Crippen LogP contribution in [0.4, 0.5) is 5.82 Å². The maximum Gasteiger partial charge on any atom is 0.199 e. The minimum absolute atomic E-state index is 0.00361. The molecule has 1 heterocycles. The first-order valence-corrected chi connectivity index (χ1v) is 7.00. The molecule has 0 saturated heterocycles. The van der Waals surface area contributed by atoms with Gasteiger partial charge in [0.2, 0.25) is 0 Å². The molecular formula is C14H18N6O3. The number of amidine groups is 1. The summed E-state index contributed by atoms with van der Waals surface area (Å²) in [5.74, 6) is 1.41. The van der Waals surface area contributed by atoms with Crippen molar-refractivity contribution < 1.29 is 14.1 Å². The van der Waals surface area contributed by atoms with Crippen molar-refractivity contribution in [1.82, 2.24) is 10.3 Å². The van der Waals surface area contributed by atoms with Gasteiger partial charge in [0, 0.05) is 11.6 Å². The van der Waals surface area contributed by atoms with Gasteiger partial charge in [0.25, 0.3) is 0 Å². The topological polar surface area (TPSA) is 134 Å². The van der Waals surface area contributed by atoms with Gasteiger partial charge in [-0.2, -0.15) is 5.10 Å². The molecule has 0 saturated carbocycles. The van der Waals surface area contributed by atoms with E-state index in [0.29, 0.717) is 19.0 Å². The lowest BCUT2D eigenvalue weighted by Crippen LogP contribution is -2.15. The highest BCUT2D eigenvalue weighted by Gasteiger charge is 2.10. The van der Waals surface area contributed by atoms with Crippen LogP contribution in [0.25, 0.3) is 0 Å². The zero-order valence-electron chi connectivity index (χ0n) is 12.9. The second kappa shape index (κ2) is 7.78. The normalized spacial score (nSPS) is 11.8. The first-order chi connectivity index (χ1) is 11.2. The largest absolute Gasteiger partial charge is 0.494 e. The van der Waals surface area contributed by atoms with Gasteiger partial charge in [0.15, 0.2) is 17.3 Å². The number of nitrogen functional groups attached to an aromatic ring is 1. The Morgan fingerprint density at radius 1 is 1.26 bits per heavy atom. The molecule has 0 aliphatic carbocycles. The number of hydrogen-bond acceptors (Lipinski definition) is 8. The number of anilines is 1. The van der Waals surface area contributed by atoms with Gasteiger partial charge in [-0.15, -0.1) is 5.10 Å². The van der Waals surface area contributed by atoms with Crippen molar-refractivity contribution in [2.45, 2.75) is 13.8 Å². The summed E-state index contributed by atoms with van der Waals surface area (Å²) >= 11 is 0. The summed E-state index contributed by atoms with van der Waals surface area (Å²) in [7, 11) is 0. The van der Waals surface area contributed by atoms with Gasteiger partial charge in [0.1, 0.15) is 11.5 Å². The third-order valence-corrected chi connectivity index (χ3v) is 2.71. The summed E-state index contributed by atoms with van der Waals surface area (Å²) < 4.78 is 15.5. The molecule has 4 N–H and O–H groups in total. The number of ether oxygens (including phenoxy) is 2. The van der Waals surface area contributed by atoms with Gasteiger partial charge in [0.05, 0.1) is 19.4 Å². The molecule has 23 heavy (non-hydrogen) atoms. The van der Waals surface area contributed by atoms with Gasteiger partial charge >= 0.3 is 0 Å². The second-order valence-corrected chi connectivity index (χ2v) is 4.29. The van der Waals surface area contributed by atoms with Crippen LogP contribution in [0.3, 0.4) is 0 Å². The van der Waals surface area contributed by atoms with E-state index in [-0.39, 0.29) is 17.3 Å². The number of rotatable bonds is 7. The highest BCUT2D eigenvalue weighted by molar-refractivity contribution is 5.99. The molecule has 1 aromatic carbocycles. The Labute approximate surface area is 132 Å². The standard InChI is InChI=1S/C14H18N6O3/c1-3-21-10-6-5-9(11(7-10)22-4-2)8-17-18-13(15)12-14(16)20-23-19-12/h5-8H,3-4H2,1-2H3,(H2,15,18)(H2,16,20)/b17-8+. The molecule has 2 aromatic rings. The molecule has 0 bridgehead atoms. The van der Waals surface area contributed by atoms with Crippen LogP contribution in [0.5, 0.6) is 11.5 Å². The highest BCUT2D eigenvalue weighted by Crippen LogP contribution is 2.24. The van der Waals surface area contributed by atoms with Crippen LogP contribution in [-0.4, -0.2) is 35.6 Å². The maximum absolute atomic E-state index is 5.71. The first kappa shape index (κ1) is 16.3. The van der Waals surface area contributed by atoms with Gasteiger partial charge in [-0.25, -0.2) is 4.63 Å². The van der Waals surface area contributed by atoms with Crippen molar-refractivity contribution in [3.05, 3.63) is 29.5 Å². The second-order valence-electron chi connectivity index (χ2n) is 4.29. The molecule has 1 aromatic heterocycles. The Kier molecular flexibility index (Phi) is 5.50. The third kappa shape index (κ3) is 4.19. The molecule has 0 amide bonds. The number of nitrogens with two attached hydrogens (primary N) is 2. The Balaban J connectivity index is 2.19. The fourth-order valence-corrected chi connectivity index (χ4v) is 1.73. The number of benzene rings is 1. The Morgan fingerprint density at radius 3 is 2.70 bits per heavy atom. The molecule has 0 unspecified atom stereocenters. The van der Waals surface area contributed by atoms with E-state index in [2.05, 4.69) is 25.1 Å². The SMILES string of the molecule is CCOc1ccc(/C=N/N=C(\N)c2nonc2N)c(OCC)c1. The average Bonchev–Trinajstić information content (AvgIpc) is 2.96. The summed E-state index contributed by atoms with van der Waals surface area (Å²) in [4.78, 5) is 0. The zero-order valence-corrected chi connectivity index (χ0v) is 12.9. The number of hydrogen-bond donors (Lipinski definition) is 2. The van der Waals surface area contributed by atoms with Gasteiger partial charge in [-0.3, -0.25) is 0 Å². The Morgan fingerprint density at radius 2 is 2.04 bits per heavy atom. The lowest BCUT2D eigenvalue weighted by atomic mass is 10.2. The summed E-state index contributed by atoms with van der Waals surface area (Å²) in [6.07, 6.45) is 1.51. The molecule has 0 atom stereocenters. The molecule has 0 radical (unpaired) electrons. The monoisotopic (exact) mass is 318 g/mol. The zero-order chi connectivity index (χ0) is 16.7. The predicted molar refractivity (Wildman–Crippen MR) is 85.8 cm³/mol. The van der Waals surface area contributed by atoms with E-state index in [1.54, 1.807) is 6.07 Å². The summed E-state index contributed by atoms with van der Waals surface area (Å²) in [6, 6.07) is 5.43. The summed E-state index contributed by atoms with van der Waals surface area (Å²) in [5.41, 5.74) is 12.1. The molecule has 0 aliphatic rings. The summed E-state index contributed by atoms with van der Waals surface area (Å²) in [5, 5.41) is 14.7. The van der Waals surface area contributed by atoms with Gasteiger partial charge in [-0.1, -0.05) is 0 Å². The average molecular weight is 318 g/mol. The van der Waals surface area contributed by atoms with E-state index in [4.69, 9.17) is 20.9 Å². The van der Waals surface area contributed by atoms with Crippen LogP contribution in [0.1, 0.15) is 25.1 Å². The smallest absolute Gasteiger partial charge is 0.199 e. The minimum Gasteiger partial charge on any atom is -0.494 e. The van der Waals surface area contributed by atoms with E-state index in [9.17, 15) is 0 Å². The maximum atomic E-state index is 5.71. The molecule has 122 valence electrons. The van der Waals surface area contributed by atoms with E-state index in [0.717, 1.165) is 11.3 Å². The van der Waals surface area contributed by atoms with Crippen molar-refractivity contribution in [3.63, 3.8) is 0 Å². The van der Waals surface area contributed by atoms with Crippen LogP contribution in [-0.2, 0) is 0 Å². The van der Waals surface area contributed by atoms with Crippen LogP contribution in [0, 0.1) is 0 Å². The molecular weight excluding hydrogens is 300 g/mol. The van der Waals surface area contributed by atoms with E-state index in [1.165, 1.54) is 6.21 Å². The molecule has 0 spiro atoms. The Bertz CT molecular complexity index is 710. The van der Waals surface area contributed by atoms with Crippen LogP contribution in [0.15, 0.2) is 33.0 Å². The highest BCUT2D eigenvalue weighted by atomic mass is 16.6.